The molecule has 2 aliphatic heterocycles. The van der Waals surface area contributed by atoms with Crippen LogP contribution in [0, 0.1) is 5.92 Å². The van der Waals surface area contributed by atoms with E-state index in [9.17, 15) is 0 Å². The molecule has 2 aromatic rings. The minimum atomic E-state index is 0.758. The van der Waals surface area contributed by atoms with Gasteiger partial charge in [-0.05, 0) is 43.5 Å². The van der Waals surface area contributed by atoms with Crippen molar-refractivity contribution in [2.45, 2.75) is 32.0 Å². The van der Waals surface area contributed by atoms with Crippen LogP contribution in [-0.2, 0) is 13.1 Å². The van der Waals surface area contributed by atoms with Crippen molar-refractivity contribution in [1.29, 1.82) is 0 Å². The molecule has 0 aliphatic carbocycles. The van der Waals surface area contributed by atoms with Crippen molar-refractivity contribution in [3.05, 3.63) is 46.7 Å². The van der Waals surface area contributed by atoms with Crippen molar-refractivity contribution in [3.8, 4) is 0 Å². The molecule has 22 heavy (non-hydrogen) atoms. The third kappa shape index (κ3) is 3.07. The van der Waals surface area contributed by atoms with E-state index in [0.717, 1.165) is 25.0 Å². The van der Waals surface area contributed by atoms with Crippen LogP contribution in [0.15, 0.2) is 36.1 Å². The maximum atomic E-state index is 4.45. The number of rotatable bonds is 4. The van der Waals surface area contributed by atoms with Gasteiger partial charge in [0, 0.05) is 43.1 Å². The summed E-state index contributed by atoms with van der Waals surface area (Å²) in [6, 6.07) is 4.98. The van der Waals surface area contributed by atoms with Gasteiger partial charge in [0.25, 0.3) is 0 Å². The van der Waals surface area contributed by atoms with Gasteiger partial charge in [0.1, 0.15) is 5.01 Å². The largest absolute Gasteiger partial charge is 0.299 e. The molecule has 0 saturated carbocycles. The minimum absolute atomic E-state index is 0.758. The highest BCUT2D eigenvalue weighted by molar-refractivity contribution is 7.09. The van der Waals surface area contributed by atoms with Gasteiger partial charge < -0.3 is 0 Å². The topological polar surface area (TPSA) is 32.3 Å². The van der Waals surface area contributed by atoms with E-state index in [2.05, 4.69) is 31.2 Å². The fourth-order valence-corrected chi connectivity index (χ4v) is 4.59. The lowest BCUT2D eigenvalue weighted by molar-refractivity contribution is 0.103. The molecule has 0 N–H and O–H groups in total. The van der Waals surface area contributed by atoms with Crippen molar-refractivity contribution in [2.24, 2.45) is 5.92 Å². The number of fused-ring (bicyclic) bond motifs is 1. The van der Waals surface area contributed by atoms with Crippen LogP contribution in [0.1, 0.15) is 23.4 Å². The number of thiazole rings is 1. The second-order valence-electron chi connectivity index (χ2n) is 6.40. The van der Waals surface area contributed by atoms with Gasteiger partial charge in [-0.2, -0.15) is 0 Å². The molecule has 4 nitrogen and oxygen atoms in total. The summed E-state index contributed by atoms with van der Waals surface area (Å²) in [7, 11) is 0. The quantitative estimate of drug-likeness (QED) is 0.868. The van der Waals surface area contributed by atoms with Crippen LogP contribution < -0.4 is 0 Å². The fourth-order valence-electron chi connectivity index (χ4n) is 3.95. The SMILES string of the molecule is c1cncc(CN2CC[C@@H]3[C@@H](CCN3Cc3nccs3)C2)c1. The lowest BCUT2D eigenvalue weighted by Crippen LogP contribution is -2.45. The van der Waals surface area contributed by atoms with E-state index in [1.54, 1.807) is 11.3 Å². The zero-order valence-corrected chi connectivity index (χ0v) is 13.6. The summed E-state index contributed by atoms with van der Waals surface area (Å²) in [5, 5.41) is 3.35. The number of hydrogen-bond donors (Lipinski definition) is 0. The average Bonchev–Trinajstić information content (AvgIpc) is 3.19. The summed E-state index contributed by atoms with van der Waals surface area (Å²) in [6.45, 7) is 5.75. The second-order valence-corrected chi connectivity index (χ2v) is 7.38. The van der Waals surface area contributed by atoms with Crippen LogP contribution in [0.4, 0.5) is 0 Å². The van der Waals surface area contributed by atoms with Crippen molar-refractivity contribution < 1.29 is 0 Å². The zero-order chi connectivity index (χ0) is 14.8. The molecule has 2 fully saturated rings. The number of nitrogens with zero attached hydrogens (tertiary/aromatic N) is 4. The summed E-state index contributed by atoms with van der Waals surface area (Å²) in [6.07, 6.45) is 8.39. The van der Waals surface area contributed by atoms with E-state index in [0.29, 0.717) is 0 Å². The molecule has 0 radical (unpaired) electrons. The van der Waals surface area contributed by atoms with Crippen LogP contribution in [-0.4, -0.2) is 45.4 Å². The molecule has 0 unspecified atom stereocenters. The standard InChI is InChI=1S/C17H22N4S/c1-2-14(10-18-5-1)11-20-7-4-16-15(12-20)3-8-21(16)13-17-19-6-9-22-17/h1-2,5-6,9-10,15-16H,3-4,7-8,11-13H2/t15-,16+/m0/s1. The van der Waals surface area contributed by atoms with E-state index < -0.39 is 0 Å². The zero-order valence-electron chi connectivity index (χ0n) is 12.8. The van der Waals surface area contributed by atoms with Gasteiger partial charge in [-0.25, -0.2) is 4.98 Å². The Morgan fingerprint density at radius 2 is 2.18 bits per heavy atom. The molecule has 2 aromatic heterocycles. The van der Waals surface area contributed by atoms with E-state index in [1.807, 2.05) is 24.7 Å². The molecular formula is C17H22N4S. The third-order valence-corrected chi connectivity index (χ3v) is 5.75. The molecule has 5 heteroatoms. The predicted octanol–water partition coefficient (Wildman–Crippen LogP) is 2.63. The lowest BCUT2D eigenvalue weighted by atomic mass is 9.92. The molecule has 0 bridgehead atoms. The molecule has 4 rings (SSSR count). The average molecular weight is 314 g/mol. The molecule has 2 saturated heterocycles. The van der Waals surface area contributed by atoms with Gasteiger partial charge in [-0.15, -0.1) is 11.3 Å². The molecule has 2 aliphatic rings. The minimum Gasteiger partial charge on any atom is -0.299 e. The van der Waals surface area contributed by atoms with Crippen LogP contribution in [0.3, 0.4) is 0 Å². The Balaban J connectivity index is 1.35. The maximum Gasteiger partial charge on any atom is 0.107 e. The number of likely N-dealkylation sites (tertiary alicyclic amines) is 2. The Morgan fingerprint density at radius 1 is 1.18 bits per heavy atom. The highest BCUT2D eigenvalue weighted by Crippen LogP contribution is 2.33. The first-order valence-corrected chi connectivity index (χ1v) is 9.00. The monoisotopic (exact) mass is 314 g/mol. The summed E-state index contributed by atoms with van der Waals surface area (Å²) >= 11 is 1.78. The lowest BCUT2D eigenvalue weighted by Gasteiger charge is -2.37. The molecule has 0 aromatic carbocycles. The van der Waals surface area contributed by atoms with Gasteiger partial charge in [0.05, 0.1) is 6.54 Å². The Labute approximate surface area is 135 Å². The molecule has 0 amide bonds. The summed E-state index contributed by atoms with van der Waals surface area (Å²) in [4.78, 5) is 13.9. The molecule has 116 valence electrons. The van der Waals surface area contributed by atoms with Crippen LogP contribution in [0.2, 0.25) is 0 Å². The summed E-state index contributed by atoms with van der Waals surface area (Å²) < 4.78 is 0. The Kier molecular flexibility index (Phi) is 4.19. The van der Waals surface area contributed by atoms with Crippen LogP contribution in [0.5, 0.6) is 0 Å². The van der Waals surface area contributed by atoms with Gasteiger partial charge in [-0.3, -0.25) is 14.8 Å². The second kappa shape index (κ2) is 6.44. The smallest absolute Gasteiger partial charge is 0.107 e. The van der Waals surface area contributed by atoms with E-state index >= 15 is 0 Å². The van der Waals surface area contributed by atoms with Gasteiger partial charge in [0.2, 0.25) is 0 Å². The van der Waals surface area contributed by atoms with E-state index in [1.165, 1.54) is 43.0 Å². The van der Waals surface area contributed by atoms with Crippen molar-refractivity contribution in [1.82, 2.24) is 19.8 Å². The first-order valence-electron chi connectivity index (χ1n) is 8.12. The van der Waals surface area contributed by atoms with Gasteiger partial charge >= 0.3 is 0 Å². The predicted molar refractivity (Wildman–Crippen MR) is 88.6 cm³/mol. The molecular weight excluding hydrogens is 292 g/mol. The van der Waals surface area contributed by atoms with E-state index in [-0.39, 0.29) is 0 Å². The summed E-state index contributed by atoms with van der Waals surface area (Å²) in [5.41, 5.74) is 1.33. The van der Waals surface area contributed by atoms with Crippen LogP contribution >= 0.6 is 11.3 Å². The first kappa shape index (κ1) is 14.3. The fraction of sp³-hybridized carbons (Fsp3) is 0.529. The number of aromatic nitrogens is 2. The molecule has 0 spiro atoms. The Morgan fingerprint density at radius 3 is 3.00 bits per heavy atom. The molecule has 4 heterocycles. The van der Waals surface area contributed by atoms with Crippen molar-refractivity contribution >= 4 is 11.3 Å². The molecule has 2 atom stereocenters. The van der Waals surface area contributed by atoms with Crippen molar-refractivity contribution in [2.75, 3.05) is 19.6 Å². The van der Waals surface area contributed by atoms with Gasteiger partial charge in [-0.1, -0.05) is 6.07 Å². The first-order chi connectivity index (χ1) is 10.9. The highest BCUT2D eigenvalue weighted by Gasteiger charge is 2.38. The normalized spacial score (nSPS) is 26.2. The summed E-state index contributed by atoms with van der Waals surface area (Å²) in [5.74, 6) is 0.824. The van der Waals surface area contributed by atoms with Crippen molar-refractivity contribution in [3.63, 3.8) is 0 Å². The highest BCUT2D eigenvalue weighted by atomic mass is 32.1. The number of pyridine rings is 1. The van der Waals surface area contributed by atoms with Gasteiger partial charge in [0.15, 0.2) is 0 Å². The third-order valence-electron chi connectivity index (χ3n) is 4.98. The number of hydrogen-bond acceptors (Lipinski definition) is 5. The van der Waals surface area contributed by atoms with E-state index in [4.69, 9.17) is 0 Å². The number of piperidine rings is 1. The Hall–Kier alpha value is -1.30. The van der Waals surface area contributed by atoms with Crippen LogP contribution in [0.25, 0.3) is 0 Å². The maximum absolute atomic E-state index is 4.45. The Bertz CT molecular complexity index is 586.